The maximum Gasteiger partial charge on any atom is 0.323 e. The number of nitrogens with one attached hydrogen (secondary N) is 2. The molecule has 1 aromatic heterocycles. The van der Waals surface area contributed by atoms with E-state index < -0.39 is 0 Å². The second-order valence-electron chi connectivity index (χ2n) is 4.63. The lowest BCUT2D eigenvalue weighted by atomic mass is 9.91. The zero-order valence-corrected chi connectivity index (χ0v) is 10.5. The number of hydrogen-bond acceptors (Lipinski definition) is 1. The Morgan fingerprint density at radius 1 is 1.18 bits per heavy atom. The smallest absolute Gasteiger partial charge is 0.306 e. The zero-order chi connectivity index (χ0) is 12.3. The van der Waals surface area contributed by atoms with Crippen LogP contribution in [0.3, 0.4) is 0 Å². The fraction of sp³-hybridized carbons (Fsp3) is 0.500. The minimum absolute atomic E-state index is 0.126. The van der Waals surface area contributed by atoms with Crippen molar-refractivity contribution in [3.8, 4) is 0 Å². The van der Waals surface area contributed by atoms with Crippen molar-refractivity contribution in [3.05, 3.63) is 34.2 Å². The number of fused-ring (bicyclic) bond motifs is 1. The van der Waals surface area contributed by atoms with Gasteiger partial charge >= 0.3 is 5.69 Å². The predicted octanol–water partition coefficient (Wildman–Crippen LogP) is 3.54. The summed E-state index contributed by atoms with van der Waals surface area (Å²) in [4.78, 5) is 16.8. The van der Waals surface area contributed by atoms with E-state index in [0.717, 1.165) is 17.5 Å². The molecule has 1 aromatic carbocycles. The molecule has 17 heavy (non-hydrogen) atoms. The van der Waals surface area contributed by atoms with Gasteiger partial charge in [0.15, 0.2) is 0 Å². The van der Waals surface area contributed by atoms with Crippen LogP contribution in [0.4, 0.5) is 0 Å². The second kappa shape index (κ2) is 5.21. The van der Waals surface area contributed by atoms with Gasteiger partial charge in [-0.2, -0.15) is 0 Å². The van der Waals surface area contributed by atoms with Gasteiger partial charge < -0.3 is 9.97 Å². The maximum absolute atomic E-state index is 11.2. The van der Waals surface area contributed by atoms with Gasteiger partial charge in [0.05, 0.1) is 11.0 Å². The molecule has 0 aliphatic rings. The standard InChI is InChI=1S/C14H20N2O/c1-3-5-6-10(4-2)11-7-8-12-13(9-11)16-14(17)15-12/h7-10H,3-6H2,1-2H3,(H2,15,16,17). The molecule has 3 nitrogen and oxygen atoms in total. The third-order valence-corrected chi connectivity index (χ3v) is 3.41. The van der Waals surface area contributed by atoms with Crippen LogP contribution >= 0.6 is 0 Å². The monoisotopic (exact) mass is 232 g/mol. The van der Waals surface area contributed by atoms with Crippen LogP contribution in [0.25, 0.3) is 11.0 Å². The number of rotatable bonds is 5. The minimum atomic E-state index is -0.126. The van der Waals surface area contributed by atoms with Gasteiger partial charge in [0.1, 0.15) is 0 Å². The molecule has 0 saturated carbocycles. The summed E-state index contributed by atoms with van der Waals surface area (Å²) in [5, 5.41) is 0. The molecule has 0 bridgehead atoms. The normalized spacial score (nSPS) is 13.1. The van der Waals surface area contributed by atoms with Crippen molar-refractivity contribution >= 4 is 11.0 Å². The lowest BCUT2D eigenvalue weighted by molar-refractivity contribution is 0.570. The minimum Gasteiger partial charge on any atom is -0.306 e. The molecule has 1 unspecified atom stereocenters. The van der Waals surface area contributed by atoms with E-state index in [2.05, 4.69) is 35.9 Å². The molecule has 0 spiro atoms. The van der Waals surface area contributed by atoms with Crippen LogP contribution in [-0.4, -0.2) is 9.97 Å². The number of H-pyrrole nitrogens is 2. The molecule has 0 fully saturated rings. The number of imidazole rings is 1. The van der Waals surface area contributed by atoms with Crippen LogP contribution in [0.2, 0.25) is 0 Å². The Morgan fingerprint density at radius 2 is 1.94 bits per heavy atom. The summed E-state index contributed by atoms with van der Waals surface area (Å²) in [5.41, 5.74) is 3.02. The lowest BCUT2D eigenvalue weighted by Crippen LogP contribution is -1.99. The first-order valence-corrected chi connectivity index (χ1v) is 6.46. The van der Waals surface area contributed by atoms with Crippen LogP contribution in [0.15, 0.2) is 23.0 Å². The molecular weight excluding hydrogens is 212 g/mol. The Labute approximate surface area is 101 Å². The van der Waals surface area contributed by atoms with Gasteiger partial charge in [0.2, 0.25) is 0 Å². The number of benzene rings is 1. The second-order valence-corrected chi connectivity index (χ2v) is 4.63. The van der Waals surface area contributed by atoms with Crippen molar-refractivity contribution in [2.24, 2.45) is 0 Å². The fourth-order valence-corrected chi connectivity index (χ4v) is 2.36. The van der Waals surface area contributed by atoms with Crippen molar-refractivity contribution in [3.63, 3.8) is 0 Å². The molecule has 3 heteroatoms. The highest BCUT2D eigenvalue weighted by atomic mass is 16.1. The van der Waals surface area contributed by atoms with Crippen LogP contribution < -0.4 is 5.69 Å². The fourth-order valence-electron chi connectivity index (χ4n) is 2.36. The van der Waals surface area contributed by atoms with E-state index in [9.17, 15) is 4.79 Å². The first-order valence-electron chi connectivity index (χ1n) is 6.46. The van der Waals surface area contributed by atoms with Gasteiger partial charge in [-0.15, -0.1) is 0 Å². The summed E-state index contributed by atoms with van der Waals surface area (Å²) in [5.74, 6) is 0.609. The zero-order valence-electron chi connectivity index (χ0n) is 10.5. The third kappa shape index (κ3) is 2.60. The van der Waals surface area contributed by atoms with Gasteiger partial charge in [-0.3, -0.25) is 0 Å². The third-order valence-electron chi connectivity index (χ3n) is 3.41. The molecule has 1 heterocycles. The summed E-state index contributed by atoms with van der Waals surface area (Å²) in [6, 6.07) is 6.24. The molecule has 0 radical (unpaired) electrons. The highest BCUT2D eigenvalue weighted by Gasteiger charge is 2.10. The Hall–Kier alpha value is -1.51. The Kier molecular flexibility index (Phi) is 3.67. The van der Waals surface area contributed by atoms with Crippen molar-refractivity contribution in [2.45, 2.75) is 45.4 Å². The average molecular weight is 232 g/mol. The van der Waals surface area contributed by atoms with Crippen LogP contribution in [0, 0.1) is 0 Å². The van der Waals surface area contributed by atoms with E-state index >= 15 is 0 Å². The molecule has 2 rings (SSSR count). The van der Waals surface area contributed by atoms with Crippen molar-refractivity contribution in [1.29, 1.82) is 0 Å². The SMILES string of the molecule is CCCCC(CC)c1ccc2[nH]c(=O)[nH]c2c1. The summed E-state index contributed by atoms with van der Waals surface area (Å²) in [6.45, 7) is 4.45. The molecule has 1 atom stereocenters. The average Bonchev–Trinajstić information content (AvgIpc) is 2.69. The van der Waals surface area contributed by atoms with Gasteiger partial charge in [0.25, 0.3) is 0 Å². The van der Waals surface area contributed by atoms with E-state index in [-0.39, 0.29) is 5.69 Å². The number of aromatic nitrogens is 2. The highest BCUT2D eigenvalue weighted by Crippen LogP contribution is 2.26. The van der Waals surface area contributed by atoms with Crippen molar-refractivity contribution in [1.82, 2.24) is 9.97 Å². The highest BCUT2D eigenvalue weighted by molar-refractivity contribution is 5.75. The van der Waals surface area contributed by atoms with Crippen LogP contribution in [0.5, 0.6) is 0 Å². The largest absolute Gasteiger partial charge is 0.323 e. The van der Waals surface area contributed by atoms with Gasteiger partial charge in [-0.25, -0.2) is 4.79 Å². The van der Waals surface area contributed by atoms with E-state index in [1.54, 1.807) is 0 Å². The summed E-state index contributed by atoms with van der Waals surface area (Å²) < 4.78 is 0. The Bertz CT molecular complexity index is 538. The molecule has 0 saturated heterocycles. The molecular formula is C14H20N2O. The first-order chi connectivity index (χ1) is 8.24. The van der Waals surface area contributed by atoms with Gasteiger partial charge in [-0.1, -0.05) is 32.8 Å². The Morgan fingerprint density at radius 3 is 2.65 bits per heavy atom. The molecule has 0 amide bonds. The molecule has 0 aliphatic carbocycles. The van der Waals surface area contributed by atoms with Gasteiger partial charge in [0, 0.05) is 0 Å². The van der Waals surface area contributed by atoms with Crippen molar-refractivity contribution in [2.75, 3.05) is 0 Å². The summed E-state index contributed by atoms with van der Waals surface area (Å²) in [7, 11) is 0. The van der Waals surface area contributed by atoms with Crippen molar-refractivity contribution < 1.29 is 0 Å². The predicted molar refractivity (Wildman–Crippen MR) is 71.5 cm³/mol. The summed E-state index contributed by atoms with van der Waals surface area (Å²) in [6.07, 6.45) is 4.88. The van der Waals surface area contributed by atoms with E-state index in [4.69, 9.17) is 0 Å². The number of unbranched alkanes of at least 4 members (excludes halogenated alkanes) is 1. The van der Waals surface area contributed by atoms with Crippen LogP contribution in [-0.2, 0) is 0 Å². The molecule has 0 aliphatic heterocycles. The number of hydrogen-bond donors (Lipinski definition) is 2. The molecule has 2 N–H and O–H groups in total. The first kappa shape index (κ1) is 12.0. The van der Waals surface area contributed by atoms with Crippen LogP contribution in [0.1, 0.15) is 51.0 Å². The molecule has 92 valence electrons. The van der Waals surface area contributed by atoms with Gasteiger partial charge in [-0.05, 0) is 36.5 Å². The quantitative estimate of drug-likeness (QED) is 0.813. The topological polar surface area (TPSA) is 48.6 Å². The van der Waals surface area contributed by atoms with E-state index in [1.165, 1.54) is 24.8 Å². The lowest BCUT2D eigenvalue weighted by Gasteiger charge is -2.14. The number of aromatic amines is 2. The van der Waals surface area contributed by atoms with E-state index in [0.29, 0.717) is 5.92 Å². The van der Waals surface area contributed by atoms with E-state index in [1.807, 2.05) is 6.07 Å². The summed E-state index contributed by atoms with van der Waals surface area (Å²) >= 11 is 0. The molecule has 2 aromatic rings. The maximum atomic E-state index is 11.2. The Balaban J connectivity index is 2.30.